The lowest BCUT2D eigenvalue weighted by Crippen LogP contribution is -2.29. The molecule has 1 aliphatic carbocycles. The topological polar surface area (TPSA) is 46.3 Å². The number of hydrogen-bond acceptors (Lipinski definition) is 2. The molecule has 1 fully saturated rings. The minimum Gasteiger partial charge on any atom is -0.341 e. The van der Waals surface area contributed by atoms with Crippen molar-refractivity contribution in [1.82, 2.24) is 4.90 Å². The first-order chi connectivity index (χ1) is 9.52. The Labute approximate surface area is 119 Å². The average molecular weight is 274 g/mol. The first-order valence-electron chi connectivity index (χ1n) is 6.77. The Bertz CT molecular complexity index is 574. The van der Waals surface area contributed by atoms with Gasteiger partial charge in [0.25, 0.3) is 5.91 Å². The lowest BCUT2D eigenvalue weighted by molar-refractivity contribution is 0.0782. The molecule has 3 nitrogen and oxygen atoms in total. The second-order valence-corrected chi connectivity index (χ2v) is 5.36. The van der Waals surface area contributed by atoms with Gasteiger partial charge in [-0.2, -0.15) is 0 Å². The zero-order chi connectivity index (χ0) is 14.7. The zero-order valence-electron chi connectivity index (χ0n) is 11.8. The van der Waals surface area contributed by atoms with Crippen LogP contribution in [0.1, 0.15) is 29.3 Å². The van der Waals surface area contributed by atoms with E-state index < -0.39 is 5.82 Å². The van der Waals surface area contributed by atoms with Crippen LogP contribution < -0.4 is 5.73 Å². The Kier molecular flexibility index (Phi) is 4.41. The summed E-state index contributed by atoms with van der Waals surface area (Å²) >= 11 is 0. The minimum atomic E-state index is -0.510. The molecule has 1 amide bonds. The lowest BCUT2D eigenvalue weighted by atomic mass is 10.1. The summed E-state index contributed by atoms with van der Waals surface area (Å²) in [5, 5.41) is 0. The second kappa shape index (κ2) is 6.06. The molecular weight excluding hydrogens is 255 g/mol. The van der Waals surface area contributed by atoms with Crippen LogP contribution in [0.15, 0.2) is 18.2 Å². The summed E-state index contributed by atoms with van der Waals surface area (Å²) in [4.78, 5) is 13.9. The van der Waals surface area contributed by atoms with Crippen LogP contribution in [-0.4, -0.2) is 30.9 Å². The number of carbonyl (C=O) groups is 1. The van der Waals surface area contributed by atoms with Gasteiger partial charge in [0.05, 0.1) is 12.1 Å². The number of amides is 1. The van der Waals surface area contributed by atoms with Gasteiger partial charge >= 0.3 is 0 Å². The van der Waals surface area contributed by atoms with Gasteiger partial charge in [0.15, 0.2) is 0 Å². The molecule has 2 atom stereocenters. The number of hydrogen-bond donors (Lipinski definition) is 1. The predicted octanol–water partition coefficient (Wildman–Crippen LogP) is 1.86. The monoisotopic (exact) mass is 274 g/mol. The number of nitrogens with two attached hydrogens (primary N) is 1. The molecule has 1 aliphatic rings. The van der Waals surface area contributed by atoms with E-state index in [1.807, 2.05) is 0 Å². The molecular formula is C16H19FN2O. The summed E-state index contributed by atoms with van der Waals surface area (Å²) in [6, 6.07) is 4.33. The molecule has 0 bridgehead atoms. The van der Waals surface area contributed by atoms with E-state index in [0.29, 0.717) is 23.9 Å². The molecule has 2 unspecified atom stereocenters. The third kappa shape index (κ3) is 3.37. The summed E-state index contributed by atoms with van der Waals surface area (Å²) in [6.07, 6.45) is 1.14. The molecule has 1 aromatic carbocycles. The third-order valence-electron chi connectivity index (χ3n) is 3.66. The van der Waals surface area contributed by atoms with E-state index in [1.165, 1.54) is 12.1 Å². The Hall–Kier alpha value is -1.86. The van der Waals surface area contributed by atoms with Gasteiger partial charge in [-0.15, -0.1) is 0 Å². The maximum absolute atomic E-state index is 13.8. The number of rotatable bonds is 3. The smallest absolute Gasteiger partial charge is 0.256 e. The number of halogens is 1. The Morgan fingerprint density at radius 2 is 2.25 bits per heavy atom. The van der Waals surface area contributed by atoms with Gasteiger partial charge in [-0.3, -0.25) is 4.79 Å². The maximum Gasteiger partial charge on any atom is 0.256 e. The van der Waals surface area contributed by atoms with Crippen LogP contribution in [0.4, 0.5) is 4.39 Å². The first-order valence-corrected chi connectivity index (χ1v) is 6.77. The number of carbonyl (C=O) groups excluding carboxylic acids is 1. The molecule has 0 heterocycles. The number of nitrogens with zero attached hydrogens (tertiary/aromatic N) is 1. The van der Waals surface area contributed by atoms with E-state index in [0.717, 1.165) is 6.42 Å². The van der Waals surface area contributed by atoms with Crippen LogP contribution in [-0.2, 0) is 0 Å². The summed E-state index contributed by atoms with van der Waals surface area (Å²) < 4.78 is 13.8. The highest BCUT2D eigenvalue weighted by Crippen LogP contribution is 2.38. The van der Waals surface area contributed by atoms with E-state index in [2.05, 4.69) is 18.8 Å². The third-order valence-corrected chi connectivity index (χ3v) is 3.66. The molecule has 0 aromatic heterocycles. The van der Waals surface area contributed by atoms with Gasteiger partial charge in [0.1, 0.15) is 5.82 Å². The van der Waals surface area contributed by atoms with E-state index in [1.54, 1.807) is 18.0 Å². The average Bonchev–Trinajstić information content (AvgIpc) is 3.12. The van der Waals surface area contributed by atoms with Crippen LogP contribution in [0, 0.1) is 29.5 Å². The van der Waals surface area contributed by atoms with Crippen LogP contribution in [0.5, 0.6) is 0 Å². The van der Waals surface area contributed by atoms with Gasteiger partial charge in [-0.05, 0) is 36.5 Å². The minimum absolute atomic E-state index is 0.0737. The number of benzene rings is 1. The largest absolute Gasteiger partial charge is 0.341 e. The fraction of sp³-hybridized carbons (Fsp3) is 0.438. The zero-order valence-corrected chi connectivity index (χ0v) is 11.8. The van der Waals surface area contributed by atoms with Crippen LogP contribution >= 0.6 is 0 Å². The standard InChI is InChI=1S/C16H19FN2O/c1-11-8-13(11)10-19(2)16(20)14-9-12(4-3-7-18)5-6-15(14)17/h5-6,9,11,13H,7-8,10,18H2,1-2H3. The molecule has 0 radical (unpaired) electrons. The molecule has 1 aromatic rings. The fourth-order valence-corrected chi connectivity index (χ4v) is 2.21. The quantitative estimate of drug-likeness (QED) is 0.855. The van der Waals surface area contributed by atoms with Crippen molar-refractivity contribution in [2.75, 3.05) is 20.1 Å². The van der Waals surface area contributed by atoms with Crippen molar-refractivity contribution in [2.24, 2.45) is 17.6 Å². The Morgan fingerprint density at radius 3 is 2.85 bits per heavy atom. The van der Waals surface area contributed by atoms with Crippen LogP contribution in [0.2, 0.25) is 0 Å². The molecule has 0 spiro atoms. The van der Waals surface area contributed by atoms with Gasteiger partial charge in [-0.1, -0.05) is 18.8 Å². The van der Waals surface area contributed by atoms with E-state index >= 15 is 0 Å². The molecule has 106 valence electrons. The maximum atomic E-state index is 13.8. The lowest BCUT2D eigenvalue weighted by Gasteiger charge is -2.17. The van der Waals surface area contributed by atoms with Crippen molar-refractivity contribution < 1.29 is 9.18 Å². The van der Waals surface area contributed by atoms with Crippen LogP contribution in [0.3, 0.4) is 0 Å². The predicted molar refractivity (Wildman–Crippen MR) is 76.6 cm³/mol. The van der Waals surface area contributed by atoms with Crippen molar-refractivity contribution in [3.8, 4) is 11.8 Å². The summed E-state index contributed by atoms with van der Waals surface area (Å²) in [5.74, 6) is 5.92. The van der Waals surface area contributed by atoms with Crippen LogP contribution in [0.25, 0.3) is 0 Å². The highest BCUT2D eigenvalue weighted by molar-refractivity contribution is 5.94. The highest BCUT2D eigenvalue weighted by Gasteiger charge is 2.34. The first kappa shape index (κ1) is 14.5. The fourth-order valence-electron chi connectivity index (χ4n) is 2.21. The van der Waals surface area contributed by atoms with E-state index in [9.17, 15) is 9.18 Å². The van der Waals surface area contributed by atoms with Crippen molar-refractivity contribution in [1.29, 1.82) is 0 Å². The van der Waals surface area contributed by atoms with E-state index in [-0.39, 0.29) is 18.0 Å². The van der Waals surface area contributed by atoms with Gasteiger partial charge in [-0.25, -0.2) is 4.39 Å². The Morgan fingerprint density at radius 1 is 1.55 bits per heavy atom. The molecule has 0 aliphatic heterocycles. The molecule has 4 heteroatoms. The molecule has 20 heavy (non-hydrogen) atoms. The summed E-state index contributed by atoms with van der Waals surface area (Å²) in [7, 11) is 1.71. The molecule has 0 saturated heterocycles. The van der Waals surface area contributed by atoms with Crippen molar-refractivity contribution in [2.45, 2.75) is 13.3 Å². The van der Waals surface area contributed by atoms with Crippen molar-refractivity contribution in [3.05, 3.63) is 35.1 Å². The second-order valence-electron chi connectivity index (χ2n) is 5.36. The van der Waals surface area contributed by atoms with Crippen molar-refractivity contribution >= 4 is 5.91 Å². The molecule has 2 rings (SSSR count). The molecule has 2 N–H and O–H groups in total. The van der Waals surface area contributed by atoms with E-state index in [4.69, 9.17) is 5.73 Å². The highest BCUT2D eigenvalue weighted by atomic mass is 19.1. The summed E-state index contributed by atoms with van der Waals surface area (Å²) in [6.45, 7) is 3.07. The van der Waals surface area contributed by atoms with Gasteiger partial charge < -0.3 is 10.6 Å². The van der Waals surface area contributed by atoms with Gasteiger partial charge in [0, 0.05) is 19.2 Å². The normalized spacial score (nSPS) is 20.0. The SMILES string of the molecule is CC1CC1CN(C)C(=O)c1cc(C#CCN)ccc1F. The van der Waals surface area contributed by atoms with Gasteiger partial charge in [0.2, 0.25) is 0 Å². The Balaban J connectivity index is 2.15. The summed E-state index contributed by atoms with van der Waals surface area (Å²) in [5.41, 5.74) is 5.98. The molecule has 1 saturated carbocycles. The van der Waals surface area contributed by atoms with Crippen molar-refractivity contribution in [3.63, 3.8) is 0 Å².